The molecule has 2 fully saturated rings. The lowest BCUT2D eigenvalue weighted by Crippen LogP contribution is -2.60. The molecule has 3 aliphatic rings. The topological polar surface area (TPSA) is 62.4 Å². The van der Waals surface area contributed by atoms with E-state index in [0.29, 0.717) is 24.5 Å². The number of hydrogen-bond acceptors (Lipinski definition) is 4. The lowest BCUT2D eigenvalue weighted by atomic mass is 9.68. The molecular weight excluding hydrogens is 443 g/mol. The number of hydrogen-bond donors (Lipinski definition) is 3. The van der Waals surface area contributed by atoms with Crippen molar-refractivity contribution in [3.05, 3.63) is 35.6 Å². The zero-order chi connectivity index (χ0) is 25.1. The van der Waals surface area contributed by atoms with E-state index in [1.807, 2.05) is 26.8 Å². The Morgan fingerprint density at radius 1 is 1.21 bits per heavy atom. The first kappa shape index (κ1) is 26.8. The maximum absolute atomic E-state index is 13.7. The van der Waals surface area contributed by atoms with Crippen LogP contribution in [-0.4, -0.2) is 49.5 Å². The Balaban J connectivity index is 1.72. The molecule has 3 atom stereocenters. The molecule has 0 spiro atoms. The molecule has 8 heteroatoms. The first-order valence-electron chi connectivity index (χ1n) is 12.3. The zero-order valence-electron chi connectivity index (χ0n) is 20.9. The van der Waals surface area contributed by atoms with Gasteiger partial charge < -0.3 is 20.7 Å². The summed E-state index contributed by atoms with van der Waals surface area (Å²) >= 11 is 0. The number of amides is 1. The predicted octanol–water partition coefficient (Wildman–Crippen LogP) is 4.77. The highest BCUT2D eigenvalue weighted by atomic mass is 19.4. The van der Waals surface area contributed by atoms with Gasteiger partial charge in [0.15, 0.2) is 0 Å². The molecule has 0 aromatic heterocycles. The third-order valence-electron chi connectivity index (χ3n) is 7.64. The van der Waals surface area contributed by atoms with Crippen molar-refractivity contribution in [3.8, 4) is 0 Å². The second-order valence-electron chi connectivity index (χ2n) is 10.9. The second kappa shape index (κ2) is 10.4. The number of allylic oxidation sites excluding steroid dienone is 4. The van der Waals surface area contributed by atoms with Gasteiger partial charge in [-0.2, -0.15) is 13.2 Å². The van der Waals surface area contributed by atoms with Crippen molar-refractivity contribution in [3.63, 3.8) is 0 Å². The van der Waals surface area contributed by atoms with E-state index in [1.54, 1.807) is 6.92 Å². The van der Waals surface area contributed by atoms with Crippen molar-refractivity contribution in [2.45, 2.75) is 90.0 Å². The normalized spacial score (nSPS) is 28.8. The minimum Gasteiger partial charge on any atom is -0.383 e. The molecule has 3 unspecified atom stereocenters. The fourth-order valence-electron chi connectivity index (χ4n) is 5.91. The van der Waals surface area contributed by atoms with Gasteiger partial charge in [-0.3, -0.25) is 4.79 Å². The van der Waals surface area contributed by atoms with Crippen LogP contribution in [-0.2, 0) is 9.53 Å². The van der Waals surface area contributed by atoms with E-state index >= 15 is 0 Å². The number of ether oxygens (including phenoxy) is 1. The first-order valence-corrected chi connectivity index (χ1v) is 12.3. The van der Waals surface area contributed by atoms with Gasteiger partial charge in [0.05, 0.1) is 5.41 Å². The van der Waals surface area contributed by atoms with Gasteiger partial charge in [-0.1, -0.05) is 24.3 Å². The minimum absolute atomic E-state index is 0.100. The van der Waals surface area contributed by atoms with Crippen molar-refractivity contribution in [1.82, 2.24) is 16.0 Å². The Bertz CT molecular complexity index is 828. The van der Waals surface area contributed by atoms with Crippen LogP contribution in [0.25, 0.3) is 0 Å². The van der Waals surface area contributed by atoms with E-state index in [1.165, 1.54) is 6.08 Å². The molecule has 1 amide bonds. The van der Waals surface area contributed by atoms with E-state index in [2.05, 4.69) is 22.5 Å². The van der Waals surface area contributed by atoms with Crippen molar-refractivity contribution in [2.24, 2.45) is 11.3 Å². The van der Waals surface area contributed by atoms with Gasteiger partial charge in [-0.15, -0.1) is 0 Å². The van der Waals surface area contributed by atoms with Gasteiger partial charge >= 0.3 is 6.18 Å². The van der Waals surface area contributed by atoms with E-state index in [9.17, 15) is 18.0 Å². The Kier molecular flexibility index (Phi) is 8.23. The van der Waals surface area contributed by atoms with Crippen molar-refractivity contribution >= 4 is 5.91 Å². The molecule has 3 N–H and O–H groups in total. The molecule has 1 aliphatic heterocycles. The summed E-state index contributed by atoms with van der Waals surface area (Å²) < 4.78 is 45.3. The average molecular weight is 484 g/mol. The van der Waals surface area contributed by atoms with Gasteiger partial charge in [-0.25, -0.2) is 0 Å². The number of halogens is 3. The third-order valence-corrected chi connectivity index (χ3v) is 7.64. The largest absolute Gasteiger partial charge is 0.412 e. The quantitative estimate of drug-likeness (QED) is 0.466. The summed E-state index contributed by atoms with van der Waals surface area (Å²) in [7, 11) is 0. The summed E-state index contributed by atoms with van der Waals surface area (Å²) in [4.78, 5) is 13.7. The van der Waals surface area contributed by atoms with Crippen LogP contribution in [0.15, 0.2) is 35.6 Å². The lowest BCUT2D eigenvalue weighted by molar-refractivity contribution is -0.135. The van der Waals surface area contributed by atoms with Crippen molar-refractivity contribution in [2.75, 3.05) is 19.8 Å². The van der Waals surface area contributed by atoms with Crippen LogP contribution in [0.3, 0.4) is 0 Å². The standard InChI is InChI=1S/C26H40F3N3O2/c1-17(2)32-24(4,5)25(9-6-22(15-25)31-21-7-10-34-11-8-21)23(33)30-16-19-12-18(3)13-20(14-19)26(27,28)29/h12-13,19,21-22,31-32H,1,6-11,14-16H2,2-5H3,(H,30,33). The van der Waals surface area contributed by atoms with Crippen molar-refractivity contribution < 1.29 is 22.7 Å². The molecule has 34 heavy (non-hydrogen) atoms. The van der Waals surface area contributed by atoms with Crippen LogP contribution in [0.5, 0.6) is 0 Å². The van der Waals surface area contributed by atoms with Crippen LogP contribution < -0.4 is 16.0 Å². The van der Waals surface area contributed by atoms with E-state index < -0.39 is 22.7 Å². The monoisotopic (exact) mass is 483 g/mol. The maximum atomic E-state index is 13.7. The summed E-state index contributed by atoms with van der Waals surface area (Å²) in [6.07, 6.45) is 2.71. The van der Waals surface area contributed by atoms with E-state index in [4.69, 9.17) is 4.74 Å². The molecule has 1 heterocycles. The molecule has 0 aromatic carbocycles. The molecule has 1 saturated heterocycles. The van der Waals surface area contributed by atoms with Gasteiger partial charge in [-0.05, 0) is 72.1 Å². The SMILES string of the molecule is C=C(C)NC(C)(C)C1(C(=O)NCC2C=C(C)C=C(C(F)(F)F)C2)CCC(NC2CCOCC2)C1. The van der Waals surface area contributed by atoms with Crippen LogP contribution in [0.2, 0.25) is 0 Å². The number of carbonyl (C=O) groups excluding carboxylic acids is 1. The van der Waals surface area contributed by atoms with Gasteiger partial charge in [0.2, 0.25) is 5.91 Å². The molecular formula is C26H40F3N3O2. The maximum Gasteiger partial charge on any atom is 0.412 e. The number of alkyl halides is 3. The molecule has 1 saturated carbocycles. The predicted molar refractivity (Wildman–Crippen MR) is 128 cm³/mol. The summed E-state index contributed by atoms with van der Waals surface area (Å²) in [5.74, 6) is -0.478. The second-order valence-corrected chi connectivity index (χ2v) is 10.9. The molecule has 3 rings (SSSR count). The molecule has 192 valence electrons. The minimum atomic E-state index is -4.35. The molecule has 2 aliphatic carbocycles. The fraction of sp³-hybridized carbons (Fsp3) is 0.731. The molecule has 0 radical (unpaired) electrons. The Morgan fingerprint density at radius 3 is 2.50 bits per heavy atom. The van der Waals surface area contributed by atoms with Crippen molar-refractivity contribution in [1.29, 1.82) is 0 Å². The summed E-state index contributed by atoms with van der Waals surface area (Å²) in [5.41, 5.74) is -0.440. The number of nitrogens with one attached hydrogen (secondary N) is 3. The molecule has 0 aromatic rings. The highest BCUT2D eigenvalue weighted by Gasteiger charge is 2.55. The highest BCUT2D eigenvalue weighted by molar-refractivity contribution is 5.84. The third kappa shape index (κ3) is 6.25. The van der Waals surface area contributed by atoms with Crippen LogP contribution in [0.1, 0.15) is 66.2 Å². The highest BCUT2D eigenvalue weighted by Crippen LogP contribution is 2.47. The van der Waals surface area contributed by atoms with Crippen LogP contribution in [0, 0.1) is 11.3 Å². The summed E-state index contributed by atoms with van der Waals surface area (Å²) in [5, 5.41) is 10.2. The Labute approximate surface area is 201 Å². The number of rotatable bonds is 8. The van der Waals surface area contributed by atoms with Gasteiger partial charge in [0, 0.05) is 48.7 Å². The van der Waals surface area contributed by atoms with E-state index in [-0.39, 0.29) is 30.8 Å². The van der Waals surface area contributed by atoms with Gasteiger partial charge in [0.1, 0.15) is 0 Å². The first-order chi connectivity index (χ1) is 15.8. The smallest absolute Gasteiger partial charge is 0.383 e. The number of carbonyl (C=O) groups is 1. The Morgan fingerprint density at radius 2 is 1.88 bits per heavy atom. The van der Waals surface area contributed by atoms with Crippen LogP contribution >= 0.6 is 0 Å². The molecule has 0 bridgehead atoms. The average Bonchev–Trinajstić information content (AvgIpc) is 3.17. The van der Waals surface area contributed by atoms with Gasteiger partial charge in [0.25, 0.3) is 0 Å². The fourth-order valence-corrected chi connectivity index (χ4v) is 5.91. The zero-order valence-corrected chi connectivity index (χ0v) is 20.9. The van der Waals surface area contributed by atoms with E-state index in [0.717, 1.165) is 38.2 Å². The lowest BCUT2D eigenvalue weighted by Gasteiger charge is -2.45. The Hall–Kier alpha value is -1.80. The molecule has 5 nitrogen and oxygen atoms in total. The summed E-state index contributed by atoms with van der Waals surface area (Å²) in [6.45, 7) is 13.3. The van der Waals surface area contributed by atoms with Crippen LogP contribution in [0.4, 0.5) is 13.2 Å². The summed E-state index contributed by atoms with van der Waals surface area (Å²) in [6, 6.07) is 0.592.